The van der Waals surface area contributed by atoms with Crippen molar-refractivity contribution < 1.29 is 4.42 Å². The fraction of sp³-hybridized carbons (Fsp3) is 0.111. The SMILES string of the molecule is SC(c1ccco1)c1ccc(Cl)s1. The fourth-order valence-electron chi connectivity index (χ4n) is 1.06. The highest BCUT2D eigenvalue weighted by atomic mass is 35.5. The average Bonchev–Trinajstić information content (AvgIpc) is 2.72. The first-order valence-corrected chi connectivity index (χ1v) is 5.45. The van der Waals surface area contributed by atoms with E-state index in [4.69, 9.17) is 16.0 Å². The summed E-state index contributed by atoms with van der Waals surface area (Å²) in [7, 11) is 0. The van der Waals surface area contributed by atoms with Crippen molar-refractivity contribution in [2.45, 2.75) is 5.25 Å². The number of hydrogen-bond donors (Lipinski definition) is 1. The predicted octanol–water partition coefficient (Wildman–Crippen LogP) is 4.01. The molecule has 0 amide bonds. The third-order valence-corrected chi connectivity index (χ3v) is 3.68. The molecule has 0 N–H and O–H groups in total. The van der Waals surface area contributed by atoms with Crippen molar-refractivity contribution in [2.75, 3.05) is 0 Å². The molecule has 4 heteroatoms. The zero-order valence-electron chi connectivity index (χ0n) is 6.61. The summed E-state index contributed by atoms with van der Waals surface area (Å²) in [6.45, 7) is 0. The fourth-order valence-corrected chi connectivity index (χ4v) is 2.51. The van der Waals surface area contributed by atoms with Gasteiger partial charge < -0.3 is 4.42 Å². The van der Waals surface area contributed by atoms with Crippen LogP contribution in [-0.4, -0.2) is 0 Å². The monoisotopic (exact) mass is 230 g/mol. The number of halogens is 1. The third-order valence-electron chi connectivity index (χ3n) is 1.68. The second kappa shape index (κ2) is 3.78. The van der Waals surface area contributed by atoms with Crippen LogP contribution in [0.3, 0.4) is 0 Å². The van der Waals surface area contributed by atoms with Gasteiger partial charge in [-0.25, -0.2) is 0 Å². The van der Waals surface area contributed by atoms with Crippen molar-refractivity contribution in [3.05, 3.63) is 45.5 Å². The molecule has 2 aromatic rings. The summed E-state index contributed by atoms with van der Waals surface area (Å²) in [5, 5.41) is -0.00694. The molecule has 0 saturated carbocycles. The van der Waals surface area contributed by atoms with E-state index in [2.05, 4.69) is 12.6 Å². The summed E-state index contributed by atoms with van der Waals surface area (Å²) in [6.07, 6.45) is 1.65. The Bertz CT molecular complexity index is 380. The highest BCUT2D eigenvalue weighted by Crippen LogP contribution is 2.35. The molecule has 2 rings (SSSR count). The zero-order valence-corrected chi connectivity index (χ0v) is 9.07. The van der Waals surface area contributed by atoms with Crippen molar-refractivity contribution in [3.8, 4) is 0 Å². The van der Waals surface area contributed by atoms with Crippen LogP contribution in [0, 0.1) is 0 Å². The first-order valence-electron chi connectivity index (χ1n) is 3.74. The number of thiophene rings is 1. The number of furan rings is 1. The summed E-state index contributed by atoms with van der Waals surface area (Å²) in [6, 6.07) is 7.60. The van der Waals surface area contributed by atoms with Gasteiger partial charge in [-0.2, -0.15) is 12.6 Å². The van der Waals surface area contributed by atoms with Gasteiger partial charge in [0.15, 0.2) is 0 Å². The Morgan fingerprint density at radius 1 is 1.38 bits per heavy atom. The van der Waals surface area contributed by atoms with Crippen LogP contribution in [0.1, 0.15) is 15.9 Å². The van der Waals surface area contributed by atoms with Crippen LogP contribution >= 0.6 is 35.6 Å². The summed E-state index contributed by atoms with van der Waals surface area (Å²) in [5.41, 5.74) is 0. The molecule has 0 aliphatic rings. The van der Waals surface area contributed by atoms with Crippen molar-refractivity contribution in [1.82, 2.24) is 0 Å². The molecule has 1 nitrogen and oxygen atoms in total. The number of thiol groups is 1. The summed E-state index contributed by atoms with van der Waals surface area (Å²) >= 11 is 11.8. The minimum absolute atomic E-state index is 0.00694. The Morgan fingerprint density at radius 2 is 2.23 bits per heavy atom. The molecule has 0 aromatic carbocycles. The van der Waals surface area contributed by atoms with E-state index in [0.717, 1.165) is 15.0 Å². The largest absolute Gasteiger partial charge is 0.468 e. The van der Waals surface area contributed by atoms with Crippen LogP contribution in [0.2, 0.25) is 4.34 Å². The normalized spacial score (nSPS) is 13.1. The lowest BCUT2D eigenvalue weighted by Gasteiger charge is -2.03. The van der Waals surface area contributed by atoms with Gasteiger partial charge in [0, 0.05) is 4.88 Å². The van der Waals surface area contributed by atoms with E-state index in [9.17, 15) is 0 Å². The van der Waals surface area contributed by atoms with E-state index in [1.807, 2.05) is 24.3 Å². The highest BCUT2D eigenvalue weighted by Gasteiger charge is 2.13. The molecule has 68 valence electrons. The van der Waals surface area contributed by atoms with E-state index in [0.29, 0.717) is 0 Å². The second-order valence-electron chi connectivity index (χ2n) is 2.56. The molecular formula is C9H7ClOS2. The molecule has 13 heavy (non-hydrogen) atoms. The lowest BCUT2D eigenvalue weighted by molar-refractivity contribution is 0.520. The Labute approximate surface area is 90.7 Å². The maximum atomic E-state index is 5.82. The van der Waals surface area contributed by atoms with E-state index >= 15 is 0 Å². The van der Waals surface area contributed by atoms with Crippen LogP contribution in [0.25, 0.3) is 0 Å². The Balaban J connectivity index is 2.28. The van der Waals surface area contributed by atoms with Gasteiger partial charge in [-0.15, -0.1) is 11.3 Å². The molecule has 0 spiro atoms. The van der Waals surface area contributed by atoms with Gasteiger partial charge in [-0.3, -0.25) is 0 Å². The molecule has 0 saturated heterocycles. The number of rotatable bonds is 2. The average molecular weight is 231 g/mol. The summed E-state index contributed by atoms with van der Waals surface area (Å²) in [5.74, 6) is 0.849. The maximum absolute atomic E-state index is 5.82. The predicted molar refractivity (Wildman–Crippen MR) is 58.9 cm³/mol. The molecule has 2 heterocycles. The Hall–Kier alpha value is -0.380. The van der Waals surface area contributed by atoms with Crippen molar-refractivity contribution in [1.29, 1.82) is 0 Å². The van der Waals surface area contributed by atoms with Gasteiger partial charge in [0.25, 0.3) is 0 Å². The van der Waals surface area contributed by atoms with Gasteiger partial charge in [-0.1, -0.05) is 11.6 Å². The standard InChI is InChI=1S/C9H7ClOS2/c10-8-4-3-7(13-8)9(12)6-2-1-5-11-6/h1-5,9,12H. The van der Waals surface area contributed by atoms with Crippen LogP contribution in [-0.2, 0) is 0 Å². The first kappa shape index (κ1) is 9.19. The smallest absolute Gasteiger partial charge is 0.121 e. The molecular weight excluding hydrogens is 224 g/mol. The quantitative estimate of drug-likeness (QED) is 0.770. The molecule has 0 bridgehead atoms. The van der Waals surface area contributed by atoms with Crippen molar-refractivity contribution in [2.24, 2.45) is 0 Å². The van der Waals surface area contributed by atoms with Crippen LogP contribution < -0.4 is 0 Å². The topological polar surface area (TPSA) is 13.1 Å². The van der Waals surface area contributed by atoms with E-state index in [-0.39, 0.29) is 5.25 Å². The van der Waals surface area contributed by atoms with Crippen LogP contribution in [0.4, 0.5) is 0 Å². The zero-order chi connectivity index (χ0) is 9.26. The van der Waals surface area contributed by atoms with Crippen LogP contribution in [0.5, 0.6) is 0 Å². The second-order valence-corrected chi connectivity index (χ2v) is 4.82. The molecule has 0 radical (unpaired) electrons. The van der Waals surface area contributed by atoms with E-state index in [1.165, 1.54) is 11.3 Å². The molecule has 0 fully saturated rings. The lowest BCUT2D eigenvalue weighted by Crippen LogP contribution is -1.85. The van der Waals surface area contributed by atoms with Crippen molar-refractivity contribution >= 4 is 35.6 Å². The molecule has 1 atom stereocenters. The molecule has 0 aliphatic heterocycles. The summed E-state index contributed by atoms with van der Waals surface area (Å²) < 4.78 is 6.02. The van der Waals surface area contributed by atoms with Gasteiger partial charge in [0.1, 0.15) is 5.76 Å². The minimum Gasteiger partial charge on any atom is -0.468 e. The highest BCUT2D eigenvalue weighted by molar-refractivity contribution is 7.81. The molecule has 0 aliphatic carbocycles. The van der Waals surface area contributed by atoms with Crippen molar-refractivity contribution in [3.63, 3.8) is 0 Å². The van der Waals surface area contributed by atoms with Gasteiger partial charge >= 0.3 is 0 Å². The number of hydrogen-bond acceptors (Lipinski definition) is 3. The van der Waals surface area contributed by atoms with Gasteiger partial charge in [-0.05, 0) is 24.3 Å². The summed E-state index contributed by atoms with van der Waals surface area (Å²) in [4.78, 5) is 1.10. The lowest BCUT2D eigenvalue weighted by atomic mass is 10.3. The minimum atomic E-state index is -0.00694. The third kappa shape index (κ3) is 1.93. The van der Waals surface area contributed by atoms with Gasteiger partial charge in [0.05, 0.1) is 15.8 Å². The molecule has 2 aromatic heterocycles. The molecule has 1 unspecified atom stereocenters. The van der Waals surface area contributed by atoms with E-state index in [1.54, 1.807) is 6.26 Å². The first-order chi connectivity index (χ1) is 6.27. The van der Waals surface area contributed by atoms with Crippen LogP contribution in [0.15, 0.2) is 34.9 Å². The maximum Gasteiger partial charge on any atom is 0.121 e. The Kier molecular flexibility index (Phi) is 2.67. The van der Waals surface area contributed by atoms with E-state index < -0.39 is 0 Å². The van der Waals surface area contributed by atoms with Gasteiger partial charge in [0.2, 0.25) is 0 Å². The Morgan fingerprint density at radius 3 is 2.77 bits per heavy atom.